The highest BCUT2D eigenvalue weighted by Crippen LogP contribution is 2.24. The van der Waals surface area contributed by atoms with E-state index in [4.69, 9.17) is 10.7 Å². The highest BCUT2D eigenvalue weighted by Gasteiger charge is 2.14. The Hall–Kier alpha value is -1.61. The van der Waals surface area contributed by atoms with E-state index in [0.29, 0.717) is 6.04 Å². The van der Waals surface area contributed by atoms with Crippen LogP contribution >= 0.6 is 0 Å². The minimum absolute atomic E-state index is 0.430. The predicted octanol–water partition coefficient (Wildman–Crippen LogP) is 3.11. The molecule has 0 aliphatic heterocycles. The van der Waals surface area contributed by atoms with Gasteiger partial charge in [0, 0.05) is 18.0 Å². The number of para-hydroxylation sites is 1. The zero-order valence-corrected chi connectivity index (χ0v) is 12.1. The SMILES string of the molecule is Cc1cc2ccccc2nc1N(CCCN)C(C)C. The average molecular weight is 257 g/mol. The topological polar surface area (TPSA) is 42.2 Å². The molecule has 0 bridgehead atoms. The van der Waals surface area contributed by atoms with Crippen molar-refractivity contribution < 1.29 is 0 Å². The summed E-state index contributed by atoms with van der Waals surface area (Å²) in [5, 5.41) is 1.20. The van der Waals surface area contributed by atoms with E-state index in [1.165, 1.54) is 10.9 Å². The molecule has 1 heterocycles. The number of fused-ring (bicyclic) bond motifs is 1. The molecule has 102 valence electrons. The molecule has 0 aliphatic rings. The molecule has 2 N–H and O–H groups in total. The number of pyridine rings is 1. The first-order valence-corrected chi connectivity index (χ1v) is 6.96. The normalized spacial score (nSPS) is 11.2. The van der Waals surface area contributed by atoms with Gasteiger partial charge in [0.15, 0.2) is 0 Å². The molecule has 0 saturated heterocycles. The van der Waals surface area contributed by atoms with E-state index in [9.17, 15) is 0 Å². The van der Waals surface area contributed by atoms with Crippen LogP contribution < -0.4 is 10.6 Å². The molecule has 3 heteroatoms. The number of hydrogen-bond acceptors (Lipinski definition) is 3. The number of aromatic nitrogens is 1. The standard InChI is InChI=1S/C16H23N3/c1-12(2)19(10-6-9-17)16-13(3)11-14-7-4-5-8-15(14)18-16/h4-5,7-8,11-12H,6,9-10,17H2,1-3H3. The fraction of sp³-hybridized carbons (Fsp3) is 0.438. The Labute approximate surface area is 115 Å². The number of hydrogen-bond donors (Lipinski definition) is 1. The van der Waals surface area contributed by atoms with Gasteiger partial charge in [-0.15, -0.1) is 0 Å². The van der Waals surface area contributed by atoms with Crippen molar-refractivity contribution in [3.05, 3.63) is 35.9 Å². The summed E-state index contributed by atoms with van der Waals surface area (Å²) >= 11 is 0. The summed E-state index contributed by atoms with van der Waals surface area (Å²) < 4.78 is 0. The van der Waals surface area contributed by atoms with Gasteiger partial charge in [0.2, 0.25) is 0 Å². The molecule has 0 amide bonds. The van der Waals surface area contributed by atoms with Crippen LogP contribution in [0, 0.1) is 6.92 Å². The lowest BCUT2D eigenvalue weighted by Crippen LogP contribution is -2.34. The number of rotatable bonds is 5. The minimum Gasteiger partial charge on any atom is -0.354 e. The molecule has 0 aliphatic carbocycles. The van der Waals surface area contributed by atoms with Crippen LogP contribution in [0.4, 0.5) is 5.82 Å². The molecule has 0 fully saturated rings. The van der Waals surface area contributed by atoms with Crippen LogP contribution in [0.1, 0.15) is 25.8 Å². The van der Waals surface area contributed by atoms with Gasteiger partial charge in [-0.2, -0.15) is 0 Å². The number of nitrogens with zero attached hydrogens (tertiary/aromatic N) is 2. The monoisotopic (exact) mass is 257 g/mol. The molecule has 1 aromatic heterocycles. The second-order valence-electron chi connectivity index (χ2n) is 5.25. The highest BCUT2D eigenvalue weighted by atomic mass is 15.2. The molecular formula is C16H23N3. The Morgan fingerprint density at radius 3 is 2.68 bits per heavy atom. The number of benzene rings is 1. The van der Waals surface area contributed by atoms with Gasteiger partial charge in [0.25, 0.3) is 0 Å². The van der Waals surface area contributed by atoms with Crippen molar-refractivity contribution in [2.45, 2.75) is 33.2 Å². The maximum atomic E-state index is 5.64. The van der Waals surface area contributed by atoms with Crippen molar-refractivity contribution in [2.24, 2.45) is 5.73 Å². The van der Waals surface area contributed by atoms with E-state index in [-0.39, 0.29) is 0 Å². The third-order valence-electron chi connectivity index (χ3n) is 3.39. The summed E-state index contributed by atoms with van der Waals surface area (Å²) in [6.07, 6.45) is 0.992. The lowest BCUT2D eigenvalue weighted by Gasteiger charge is -2.29. The van der Waals surface area contributed by atoms with E-state index >= 15 is 0 Å². The molecule has 19 heavy (non-hydrogen) atoms. The number of nitrogens with two attached hydrogens (primary N) is 1. The molecule has 1 aromatic carbocycles. The Bertz CT molecular complexity index is 549. The predicted molar refractivity (Wildman–Crippen MR) is 82.6 cm³/mol. The van der Waals surface area contributed by atoms with Crippen LogP contribution in [0.5, 0.6) is 0 Å². The quantitative estimate of drug-likeness (QED) is 0.895. The minimum atomic E-state index is 0.430. The van der Waals surface area contributed by atoms with Crippen molar-refractivity contribution in [2.75, 3.05) is 18.0 Å². The van der Waals surface area contributed by atoms with E-state index in [1.54, 1.807) is 0 Å². The first kappa shape index (κ1) is 13.8. The van der Waals surface area contributed by atoms with Crippen LogP contribution in [-0.4, -0.2) is 24.1 Å². The summed E-state index contributed by atoms with van der Waals surface area (Å²) in [7, 11) is 0. The Morgan fingerprint density at radius 2 is 2.00 bits per heavy atom. The van der Waals surface area contributed by atoms with Crippen LogP contribution in [0.3, 0.4) is 0 Å². The van der Waals surface area contributed by atoms with Gasteiger partial charge >= 0.3 is 0 Å². The maximum Gasteiger partial charge on any atom is 0.132 e. The smallest absolute Gasteiger partial charge is 0.132 e. The fourth-order valence-corrected chi connectivity index (χ4v) is 2.37. The van der Waals surface area contributed by atoms with Gasteiger partial charge in [-0.1, -0.05) is 18.2 Å². The first-order valence-electron chi connectivity index (χ1n) is 6.96. The van der Waals surface area contributed by atoms with Crippen LogP contribution in [0.25, 0.3) is 10.9 Å². The maximum absolute atomic E-state index is 5.64. The fourth-order valence-electron chi connectivity index (χ4n) is 2.37. The molecule has 0 atom stereocenters. The van der Waals surface area contributed by atoms with Crippen LogP contribution in [-0.2, 0) is 0 Å². The lowest BCUT2D eigenvalue weighted by atomic mass is 10.1. The third-order valence-corrected chi connectivity index (χ3v) is 3.39. The third kappa shape index (κ3) is 3.04. The molecule has 0 saturated carbocycles. The zero-order valence-electron chi connectivity index (χ0n) is 12.1. The van der Waals surface area contributed by atoms with Crippen LogP contribution in [0.15, 0.2) is 30.3 Å². The zero-order chi connectivity index (χ0) is 13.8. The summed E-state index contributed by atoms with van der Waals surface area (Å²) in [5.41, 5.74) is 7.92. The van der Waals surface area contributed by atoms with Gasteiger partial charge in [-0.25, -0.2) is 4.98 Å². The number of aryl methyl sites for hydroxylation is 1. The summed E-state index contributed by atoms with van der Waals surface area (Å²) in [4.78, 5) is 7.18. The van der Waals surface area contributed by atoms with Crippen molar-refractivity contribution >= 4 is 16.7 Å². The van der Waals surface area contributed by atoms with Gasteiger partial charge in [0.1, 0.15) is 5.82 Å². The van der Waals surface area contributed by atoms with Gasteiger partial charge in [-0.3, -0.25) is 0 Å². The molecular weight excluding hydrogens is 234 g/mol. The molecule has 3 nitrogen and oxygen atoms in total. The molecule has 2 aromatic rings. The second-order valence-corrected chi connectivity index (χ2v) is 5.25. The van der Waals surface area contributed by atoms with E-state index < -0.39 is 0 Å². The Balaban J connectivity index is 2.43. The highest BCUT2D eigenvalue weighted by molar-refractivity contribution is 5.81. The van der Waals surface area contributed by atoms with E-state index in [1.807, 2.05) is 6.07 Å². The van der Waals surface area contributed by atoms with E-state index in [0.717, 1.165) is 30.8 Å². The largest absolute Gasteiger partial charge is 0.354 e. The summed E-state index contributed by atoms with van der Waals surface area (Å²) in [6.45, 7) is 8.21. The van der Waals surface area contributed by atoms with Gasteiger partial charge < -0.3 is 10.6 Å². The molecule has 0 unspecified atom stereocenters. The van der Waals surface area contributed by atoms with Crippen molar-refractivity contribution in [3.63, 3.8) is 0 Å². The summed E-state index contributed by atoms with van der Waals surface area (Å²) in [6, 6.07) is 10.9. The van der Waals surface area contributed by atoms with Crippen LogP contribution in [0.2, 0.25) is 0 Å². The van der Waals surface area contributed by atoms with Crippen molar-refractivity contribution in [1.29, 1.82) is 0 Å². The Morgan fingerprint density at radius 1 is 1.26 bits per heavy atom. The summed E-state index contributed by atoms with van der Waals surface area (Å²) in [5.74, 6) is 1.09. The molecule has 2 rings (SSSR count). The van der Waals surface area contributed by atoms with E-state index in [2.05, 4.69) is 49.9 Å². The lowest BCUT2D eigenvalue weighted by molar-refractivity contribution is 0.648. The Kier molecular flexibility index (Phi) is 4.38. The molecule has 0 radical (unpaired) electrons. The van der Waals surface area contributed by atoms with Gasteiger partial charge in [0.05, 0.1) is 5.52 Å². The second kappa shape index (κ2) is 6.02. The first-order chi connectivity index (χ1) is 9.13. The van der Waals surface area contributed by atoms with Crippen molar-refractivity contribution in [3.8, 4) is 0 Å². The average Bonchev–Trinajstić information content (AvgIpc) is 2.39. The molecule has 0 spiro atoms. The van der Waals surface area contributed by atoms with Gasteiger partial charge in [-0.05, 0) is 51.4 Å². The number of anilines is 1. The van der Waals surface area contributed by atoms with Crippen molar-refractivity contribution in [1.82, 2.24) is 4.98 Å².